The summed E-state index contributed by atoms with van der Waals surface area (Å²) in [6.07, 6.45) is -3.23. The highest BCUT2D eigenvalue weighted by molar-refractivity contribution is 6.01. The highest BCUT2D eigenvalue weighted by Crippen LogP contribution is 2.28. The molecule has 0 aliphatic heterocycles. The maximum atomic E-state index is 12.8. The summed E-state index contributed by atoms with van der Waals surface area (Å²) >= 11 is 0. The molecule has 0 aliphatic rings. The van der Waals surface area contributed by atoms with Gasteiger partial charge in [0.05, 0.1) is 5.56 Å². The van der Waals surface area contributed by atoms with Crippen LogP contribution in [0.5, 0.6) is 0 Å². The molecular formula is C14H10F3N5. The van der Waals surface area contributed by atoms with Crippen molar-refractivity contribution in [2.24, 2.45) is 5.73 Å². The maximum absolute atomic E-state index is 12.8. The number of hydrogen-bond acceptors (Lipinski definition) is 3. The SMILES string of the molecule is N=C(N)c1cc(-c2ccccc2)cn2nc(C(F)(F)F)nc12. The molecular weight excluding hydrogens is 295 g/mol. The third kappa shape index (κ3) is 2.39. The van der Waals surface area contributed by atoms with Crippen LogP contribution in [-0.4, -0.2) is 20.4 Å². The van der Waals surface area contributed by atoms with E-state index in [1.54, 1.807) is 24.3 Å². The van der Waals surface area contributed by atoms with Crippen molar-refractivity contribution in [3.63, 3.8) is 0 Å². The third-order valence-corrected chi connectivity index (χ3v) is 3.08. The van der Waals surface area contributed by atoms with Gasteiger partial charge in [0.2, 0.25) is 0 Å². The van der Waals surface area contributed by atoms with Gasteiger partial charge in [-0.15, -0.1) is 5.10 Å². The van der Waals surface area contributed by atoms with Crippen LogP contribution in [0.4, 0.5) is 13.2 Å². The van der Waals surface area contributed by atoms with Gasteiger partial charge in [0.1, 0.15) is 5.84 Å². The zero-order chi connectivity index (χ0) is 15.9. The number of nitrogens with one attached hydrogen (secondary N) is 1. The lowest BCUT2D eigenvalue weighted by molar-refractivity contribution is -0.144. The second kappa shape index (κ2) is 4.83. The first-order valence-corrected chi connectivity index (χ1v) is 6.23. The number of aromatic nitrogens is 3. The molecule has 0 unspecified atom stereocenters. The predicted molar refractivity (Wildman–Crippen MR) is 74.4 cm³/mol. The Morgan fingerprint density at radius 1 is 1.14 bits per heavy atom. The van der Waals surface area contributed by atoms with Crippen molar-refractivity contribution in [1.29, 1.82) is 5.41 Å². The van der Waals surface area contributed by atoms with Crippen LogP contribution in [0, 0.1) is 5.41 Å². The van der Waals surface area contributed by atoms with Crippen LogP contribution in [-0.2, 0) is 6.18 Å². The molecule has 112 valence electrons. The minimum absolute atomic E-state index is 0.0977. The van der Waals surface area contributed by atoms with Gasteiger partial charge in [-0.2, -0.15) is 13.2 Å². The van der Waals surface area contributed by atoms with Gasteiger partial charge in [0.15, 0.2) is 5.65 Å². The van der Waals surface area contributed by atoms with Crippen molar-refractivity contribution in [3.8, 4) is 11.1 Å². The average Bonchev–Trinajstić information content (AvgIpc) is 2.91. The molecule has 8 heteroatoms. The summed E-state index contributed by atoms with van der Waals surface area (Å²) in [5.41, 5.74) is 6.84. The average molecular weight is 305 g/mol. The van der Waals surface area contributed by atoms with Gasteiger partial charge in [0, 0.05) is 11.8 Å². The number of alkyl halides is 3. The summed E-state index contributed by atoms with van der Waals surface area (Å²) in [6, 6.07) is 10.6. The van der Waals surface area contributed by atoms with Crippen molar-refractivity contribution in [2.45, 2.75) is 6.18 Å². The van der Waals surface area contributed by atoms with Crippen LogP contribution in [0.25, 0.3) is 16.8 Å². The largest absolute Gasteiger partial charge is 0.453 e. The van der Waals surface area contributed by atoms with Crippen molar-refractivity contribution < 1.29 is 13.2 Å². The number of halogens is 3. The number of nitrogens with two attached hydrogens (primary N) is 1. The molecule has 0 saturated heterocycles. The highest BCUT2D eigenvalue weighted by atomic mass is 19.4. The van der Waals surface area contributed by atoms with E-state index in [0.29, 0.717) is 5.56 Å². The Morgan fingerprint density at radius 2 is 1.82 bits per heavy atom. The van der Waals surface area contributed by atoms with Crippen LogP contribution in [0.3, 0.4) is 0 Å². The van der Waals surface area contributed by atoms with E-state index in [-0.39, 0.29) is 17.0 Å². The topological polar surface area (TPSA) is 80.1 Å². The summed E-state index contributed by atoms with van der Waals surface area (Å²) in [4.78, 5) is 3.45. The number of nitrogen functional groups attached to an aromatic ring is 1. The van der Waals surface area contributed by atoms with E-state index in [4.69, 9.17) is 11.1 Å². The smallest absolute Gasteiger partial charge is 0.384 e. The Balaban J connectivity index is 2.28. The number of hydrogen-bond donors (Lipinski definition) is 2. The molecule has 22 heavy (non-hydrogen) atoms. The predicted octanol–water partition coefficient (Wildman–Crippen LogP) is 2.70. The lowest BCUT2D eigenvalue weighted by Crippen LogP contribution is -2.13. The molecule has 0 spiro atoms. The Labute approximate surface area is 122 Å². The molecule has 0 bridgehead atoms. The highest BCUT2D eigenvalue weighted by Gasteiger charge is 2.36. The van der Waals surface area contributed by atoms with Crippen LogP contribution >= 0.6 is 0 Å². The van der Waals surface area contributed by atoms with Gasteiger partial charge in [-0.1, -0.05) is 30.3 Å². The first-order valence-electron chi connectivity index (χ1n) is 6.23. The fourth-order valence-electron chi connectivity index (χ4n) is 2.09. The van der Waals surface area contributed by atoms with E-state index in [1.165, 1.54) is 12.3 Å². The molecule has 0 amide bonds. The van der Waals surface area contributed by atoms with Gasteiger partial charge in [-0.3, -0.25) is 5.41 Å². The molecule has 3 N–H and O–H groups in total. The first kappa shape index (κ1) is 14.1. The molecule has 0 radical (unpaired) electrons. The van der Waals surface area contributed by atoms with Gasteiger partial charge >= 0.3 is 6.18 Å². The van der Waals surface area contributed by atoms with Crippen LogP contribution in [0.1, 0.15) is 11.4 Å². The van der Waals surface area contributed by atoms with Crippen molar-refractivity contribution in [3.05, 3.63) is 54.0 Å². The van der Waals surface area contributed by atoms with E-state index in [9.17, 15) is 13.2 Å². The fraction of sp³-hybridized carbons (Fsp3) is 0.0714. The van der Waals surface area contributed by atoms with Gasteiger partial charge in [-0.05, 0) is 11.6 Å². The summed E-state index contributed by atoms with van der Waals surface area (Å²) in [6.45, 7) is 0. The molecule has 5 nitrogen and oxygen atoms in total. The Hall–Kier alpha value is -2.90. The lowest BCUT2D eigenvalue weighted by Gasteiger charge is -2.06. The quantitative estimate of drug-likeness (QED) is 0.564. The summed E-state index contributed by atoms with van der Waals surface area (Å²) in [7, 11) is 0. The summed E-state index contributed by atoms with van der Waals surface area (Å²) in [5, 5.41) is 11.0. The monoisotopic (exact) mass is 305 g/mol. The van der Waals surface area contributed by atoms with Crippen molar-refractivity contribution >= 4 is 11.5 Å². The number of benzene rings is 1. The number of fused-ring (bicyclic) bond motifs is 1. The third-order valence-electron chi connectivity index (χ3n) is 3.08. The first-order chi connectivity index (χ1) is 10.4. The van der Waals surface area contributed by atoms with Crippen LogP contribution in [0.2, 0.25) is 0 Å². The number of rotatable bonds is 2. The van der Waals surface area contributed by atoms with Gasteiger partial charge in [0.25, 0.3) is 5.82 Å². The molecule has 3 rings (SSSR count). The molecule has 2 aromatic heterocycles. The standard InChI is InChI=1S/C14H10F3N5/c15-14(16,17)13-20-12-10(11(18)19)6-9(7-22(12)21-13)8-4-2-1-3-5-8/h1-7H,(H3,18,19). The van der Waals surface area contributed by atoms with E-state index in [0.717, 1.165) is 10.1 Å². The van der Waals surface area contributed by atoms with E-state index < -0.39 is 12.0 Å². The molecule has 2 heterocycles. The van der Waals surface area contributed by atoms with Crippen LogP contribution in [0.15, 0.2) is 42.6 Å². The van der Waals surface area contributed by atoms with Crippen molar-refractivity contribution in [2.75, 3.05) is 0 Å². The van der Waals surface area contributed by atoms with E-state index in [1.807, 2.05) is 6.07 Å². The molecule has 3 aromatic rings. The van der Waals surface area contributed by atoms with E-state index >= 15 is 0 Å². The molecule has 0 atom stereocenters. The number of nitrogens with zero attached hydrogens (tertiary/aromatic N) is 3. The molecule has 0 aliphatic carbocycles. The second-order valence-corrected chi connectivity index (χ2v) is 4.62. The zero-order valence-electron chi connectivity index (χ0n) is 11.1. The molecule has 1 aromatic carbocycles. The maximum Gasteiger partial charge on any atom is 0.453 e. The van der Waals surface area contributed by atoms with Gasteiger partial charge in [-0.25, -0.2) is 9.50 Å². The summed E-state index contributed by atoms with van der Waals surface area (Å²) < 4.78 is 39.3. The molecule has 0 fully saturated rings. The summed E-state index contributed by atoms with van der Waals surface area (Å²) in [5.74, 6) is -1.64. The molecule has 0 saturated carbocycles. The lowest BCUT2D eigenvalue weighted by atomic mass is 10.1. The normalized spacial score (nSPS) is 11.8. The van der Waals surface area contributed by atoms with E-state index in [2.05, 4.69) is 10.1 Å². The number of pyridine rings is 1. The second-order valence-electron chi connectivity index (χ2n) is 4.62. The Bertz CT molecular complexity index is 852. The Morgan fingerprint density at radius 3 is 2.41 bits per heavy atom. The number of amidine groups is 1. The zero-order valence-corrected chi connectivity index (χ0v) is 11.1. The minimum Gasteiger partial charge on any atom is -0.384 e. The van der Waals surface area contributed by atoms with Crippen molar-refractivity contribution in [1.82, 2.24) is 14.6 Å². The minimum atomic E-state index is -4.66. The fourth-order valence-corrected chi connectivity index (χ4v) is 2.09. The Kier molecular flexibility index (Phi) is 3.09. The van der Waals surface area contributed by atoms with Gasteiger partial charge < -0.3 is 5.73 Å². The van der Waals surface area contributed by atoms with Crippen LogP contribution < -0.4 is 5.73 Å².